The maximum absolute atomic E-state index is 12.7. The summed E-state index contributed by atoms with van der Waals surface area (Å²) in [6.07, 6.45) is 6.27. The van der Waals surface area contributed by atoms with Gasteiger partial charge in [0.05, 0.1) is 10.2 Å². The van der Waals surface area contributed by atoms with Crippen molar-refractivity contribution in [2.24, 2.45) is 0 Å². The number of nitrogens with one attached hydrogen (secondary N) is 2. The molecular weight excluding hydrogens is 404 g/mol. The van der Waals surface area contributed by atoms with Gasteiger partial charge >= 0.3 is 0 Å². The Morgan fingerprint density at radius 3 is 2.71 bits per heavy atom. The van der Waals surface area contributed by atoms with Gasteiger partial charge in [-0.1, -0.05) is 29.5 Å². The van der Waals surface area contributed by atoms with Gasteiger partial charge in [-0.15, -0.1) is 6.58 Å². The highest BCUT2D eigenvalue weighted by molar-refractivity contribution is 7.22. The van der Waals surface area contributed by atoms with Crippen molar-refractivity contribution in [1.29, 1.82) is 0 Å². The van der Waals surface area contributed by atoms with E-state index in [1.807, 2.05) is 49.4 Å². The number of rotatable bonds is 3. The standard InChI is InChI=1S/C22H18N4OS.C3H6/c27-21(17-1-2-18-13-24-10-7-16(18)11-17)26-22-25-19-4-3-15(12-20(19)28-22)14-5-8-23-9-6-14;1-3-2/h1-6,8-9,11-12,24H,7,10,13H2,(H,25,26,27);3H,1H2,2H3. The fourth-order valence-electron chi connectivity index (χ4n) is 3.49. The third-order valence-electron chi connectivity index (χ3n) is 4.98. The van der Waals surface area contributed by atoms with E-state index in [0.29, 0.717) is 10.7 Å². The predicted octanol–water partition coefficient (Wildman–Crippen LogP) is 5.45. The highest BCUT2D eigenvalue weighted by Gasteiger charge is 2.14. The zero-order valence-corrected chi connectivity index (χ0v) is 18.2. The van der Waals surface area contributed by atoms with Crippen LogP contribution >= 0.6 is 11.3 Å². The van der Waals surface area contributed by atoms with E-state index in [2.05, 4.69) is 33.2 Å². The molecule has 5 rings (SSSR count). The van der Waals surface area contributed by atoms with Crippen LogP contribution in [0.3, 0.4) is 0 Å². The minimum atomic E-state index is -0.116. The van der Waals surface area contributed by atoms with Crippen molar-refractivity contribution in [3.63, 3.8) is 0 Å². The van der Waals surface area contributed by atoms with Crippen LogP contribution in [0.1, 0.15) is 28.4 Å². The lowest BCUT2D eigenvalue weighted by Crippen LogP contribution is -2.24. The van der Waals surface area contributed by atoms with E-state index in [0.717, 1.165) is 40.9 Å². The van der Waals surface area contributed by atoms with Crippen molar-refractivity contribution >= 4 is 32.6 Å². The average Bonchev–Trinajstić information content (AvgIpc) is 3.21. The number of aromatic nitrogens is 2. The molecule has 3 heterocycles. The molecule has 6 heteroatoms. The molecule has 0 radical (unpaired) electrons. The van der Waals surface area contributed by atoms with Crippen LogP contribution in [0.15, 0.2) is 73.6 Å². The zero-order valence-electron chi connectivity index (χ0n) is 17.4. The molecule has 1 aliphatic rings. The molecule has 0 bridgehead atoms. The van der Waals surface area contributed by atoms with E-state index >= 15 is 0 Å². The molecule has 0 saturated carbocycles. The molecule has 1 amide bonds. The van der Waals surface area contributed by atoms with Crippen molar-refractivity contribution in [1.82, 2.24) is 15.3 Å². The fourth-order valence-corrected chi connectivity index (χ4v) is 4.39. The lowest BCUT2D eigenvalue weighted by atomic mass is 9.98. The maximum atomic E-state index is 12.7. The van der Waals surface area contributed by atoms with Gasteiger partial charge in [0.15, 0.2) is 5.13 Å². The molecule has 2 aromatic carbocycles. The fraction of sp³-hybridized carbons (Fsp3) is 0.160. The van der Waals surface area contributed by atoms with Gasteiger partial charge in [-0.3, -0.25) is 15.1 Å². The maximum Gasteiger partial charge on any atom is 0.257 e. The van der Waals surface area contributed by atoms with Crippen LogP contribution < -0.4 is 10.6 Å². The van der Waals surface area contributed by atoms with Gasteiger partial charge in [0, 0.05) is 24.5 Å². The minimum absolute atomic E-state index is 0.116. The SMILES string of the molecule is C=CC.O=C(Nc1nc2ccc(-c3ccncc3)cc2s1)c1ccc2c(c1)CCNC2. The van der Waals surface area contributed by atoms with Gasteiger partial charge in [0.25, 0.3) is 5.91 Å². The van der Waals surface area contributed by atoms with Crippen LogP contribution in [-0.4, -0.2) is 22.4 Å². The number of carbonyl (C=O) groups is 1. The molecule has 0 aliphatic carbocycles. The number of allylic oxidation sites excluding steroid dienone is 1. The normalized spacial score (nSPS) is 12.4. The summed E-state index contributed by atoms with van der Waals surface area (Å²) in [4.78, 5) is 21.3. The van der Waals surface area contributed by atoms with Crippen LogP contribution in [-0.2, 0) is 13.0 Å². The average molecular weight is 429 g/mol. The smallest absolute Gasteiger partial charge is 0.257 e. The number of amides is 1. The van der Waals surface area contributed by atoms with Gasteiger partial charge in [-0.2, -0.15) is 0 Å². The van der Waals surface area contributed by atoms with E-state index in [1.165, 1.54) is 22.5 Å². The number of benzene rings is 2. The number of hydrogen-bond donors (Lipinski definition) is 2. The zero-order chi connectivity index (χ0) is 21.6. The molecule has 4 aromatic rings. The van der Waals surface area contributed by atoms with Crippen molar-refractivity contribution < 1.29 is 4.79 Å². The molecule has 0 unspecified atom stereocenters. The van der Waals surface area contributed by atoms with Crippen LogP contribution in [0.5, 0.6) is 0 Å². The Balaban J connectivity index is 0.000000730. The number of thiazole rings is 1. The third kappa shape index (κ3) is 4.87. The summed E-state index contributed by atoms with van der Waals surface area (Å²) in [5.41, 5.74) is 6.30. The first kappa shape index (κ1) is 20.9. The number of anilines is 1. The summed E-state index contributed by atoms with van der Waals surface area (Å²) in [7, 11) is 0. The van der Waals surface area contributed by atoms with Gasteiger partial charge < -0.3 is 5.32 Å². The molecule has 0 atom stereocenters. The van der Waals surface area contributed by atoms with Crippen molar-refractivity contribution in [2.75, 3.05) is 11.9 Å². The van der Waals surface area contributed by atoms with E-state index in [9.17, 15) is 4.79 Å². The molecule has 0 saturated heterocycles. The topological polar surface area (TPSA) is 66.9 Å². The van der Waals surface area contributed by atoms with E-state index < -0.39 is 0 Å². The molecule has 0 spiro atoms. The molecular formula is C25H24N4OS. The largest absolute Gasteiger partial charge is 0.312 e. The Morgan fingerprint density at radius 1 is 1.10 bits per heavy atom. The summed E-state index contributed by atoms with van der Waals surface area (Å²) >= 11 is 1.49. The van der Waals surface area contributed by atoms with Gasteiger partial charge in [-0.05, 0) is 78.5 Å². The number of pyridine rings is 1. The Hall–Kier alpha value is -3.35. The summed E-state index contributed by atoms with van der Waals surface area (Å²) in [5, 5.41) is 6.92. The Kier molecular flexibility index (Phi) is 6.50. The molecule has 2 N–H and O–H groups in total. The number of hydrogen-bond acceptors (Lipinski definition) is 5. The highest BCUT2D eigenvalue weighted by Crippen LogP contribution is 2.30. The Bertz CT molecular complexity index is 1220. The van der Waals surface area contributed by atoms with E-state index in [4.69, 9.17) is 0 Å². The monoisotopic (exact) mass is 428 g/mol. The van der Waals surface area contributed by atoms with Crippen molar-refractivity contribution in [3.05, 3.63) is 90.3 Å². The van der Waals surface area contributed by atoms with Crippen LogP contribution in [0, 0.1) is 0 Å². The van der Waals surface area contributed by atoms with Crippen LogP contribution in [0.25, 0.3) is 21.3 Å². The third-order valence-corrected chi connectivity index (χ3v) is 5.91. The molecule has 2 aromatic heterocycles. The molecule has 31 heavy (non-hydrogen) atoms. The first-order chi connectivity index (χ1) is 15.2. The lowest BCUT2D eigenvalue weighted by molar-refractivity contribution is 0.102. The second-order valence-corrected chi connectivity index (χ2v) is 8.24. The number of fused-ring (bicyclic) bond motifs is 2. The molecule has 5 nitrogen and oxygen atoms in total. The Morgan fingerprint density at radius 2 is 1.90 bits per heavy atom. The quantitative estimate of drug-likeness (QED) is 0.426. The number of nitrogens with zero attached hydrogens (tertiary/aromatic N) is 2. The highest BCUT2D eigenvalue weighted by atomic mass is 32.1. The van der Waals surface area contributed by atoms with E-state index in [1.54, 1.807) is 18.5 Å². The van der Waals surface area contributed by atoms with Gasteiger partial charge in [-0.25, -0.2) is 4.98 Å². The Labute approximate surface area is 185 Å². The van der Waals surface area contributed by atoms with Crippen molar-refractivity contribution in [2.45, 2.75) is 19.9 Å². The minimum Gasteiger partial charge on any atom is -0.312 e. The van der Waals surface area contributed by atoms with Crippen LogP contribution in [0.2, 0.25) is 0 Å². The van der Waals surface area contributed by atoms with Crippen LogP contribution in [0.4, 0.5) is 5.13 Å². The first-order valence-corrected chi connectivity index (χ1v) is 11.0. The molecule has 0 fully saturated rings. The second kappa shape index (κ2) is 9.64. The summed E-state index contributed by atoms with van der Waals surface area (Å²) < 4.78 is 1.04. The van der Waals surface area contributed by atoms with E-state index in [-0.39, 0.29) is 5.91 Å². The summed E-state index contributed by atoms with van der Waals surface area (Å²) in [6.45, 7) is 7.07. The molecule has 1 aliphatic heterocycles. The van der Waals surface area contributed by atoms with Crippen molar-refractivity contribution in [3.8, 4) is 11.1 Å². The first-order valence-electron chi connectivity index (χ1n) is 10.2. The lowest BCUT2D eigenvalue weighted by Gasteiger charge is -2.17. The molecule has 156 valence electrons. The summed E-state index contributed by atoms with van der Waals surface area (Å²) in [5.74, 6) is -0.116. The summed E-state index contributed by atoms with van der Waals surface area (Å²) in [6, 6.07) is 16.0. The second-order valence-electron chi connectivity index (χ2n) is 7.21. The van der Waals surface area contributed by atoms with Gasteiger partial charge in [0.2, 0.25) is 0 Å². The number of carbonyl (C=O) groups excluding carboxylic acids is 1. The predicted molar refractivity (Wildman–Crippen MR) is 129 cm³/mol. The van der Waals surface area contributed by atoms with Gasteiger partial charge in [0.1, 0.15) is 0 Å².